The fourth-order valence-corrected chi connectivity index (χ4v) is 3.97. The summed E-state index contributed by atoms with van der Waals surface area (Å²) in [6, 6.07) is 14.0. The first-order valence-electron chi connectivity index (χ1n) is 8.81. The average Bonchev–Trinajstić information content (AvgIpc) is 2.90. The van der Waals surface area contributed by atoms with Crippen LogP contribution in [0.4, 0.5) is 0 Å². The predicted molar refractivity (Wildman–Crippen MR) is 106 cm³/mol. The van der Waals surface area contributed by atoms with E-state index < -0.39 is 0 Å². The zero-order chi connectivity index (χ0) is 18.1. The van der Waals surface area contributed by atoms with E-state index in [1.165, 1.54) is 22.0 Å². The van der Waals surface area contributed by atoms with Crippen LogP contribution < -0.4 is 0 Å². The van der Waals surface area contributed by atoms with E-state index in [4.69, 9.17) is 4.74 Å². The van der Waals surface area contributed by atoms with Crippen molar-refractivity contribution < 1.29 is 9.53 Å². The Morgan fingerprint density at radius 3 is 2.73 bits per heavy atom. The molecule has 0 fully saturated rings. The van der Waals surface area contributed by atoms with Gasteiger partial charge in [-0.25, -0.2) is 0 Å². The lowest BCUT2D eigenvalue weighted by Crippen LogP contribution is -2.31. The van der Waals surface area contributed by atoms with E-state index in [0.29, 0.717) is 13.2 Å². The van der Waals surface area contributed by atoms with Crippen LogP contribution in [0.2, 0.25) is 0 Å². The third-order valence-corrected chi connectivity index (χ3v) is 5.53. The summed E-state index contributed by atoms with van der Waals surface area (Å²) in [6.07, 6.45) is 3.09. The Kier molecular flexibility index (Phi) is 4.83. The molecule has 5 heteroatoms. The van der Waals surface area contributed by atoms with Gasteiger partial charge in [-0.3, -0.25) is 4.79 Å². The number of hydrogen-bond donors (Lipinski definition) is 0. The number of aromatic nitrogens is 1. The Morgan fingerprint density at radius 2 is 1.96 bits per heavy atom. The highest BCUT2D eigenvalue weighted by Gasteiger charge is 2.23. The van der Waals surface area contributed by atoms with Crippen LogP contribution in [0.25, 0.3) is 10.9 Å². The van der Waals surface area contributed by atoms with E-state index in [1.807, 2.05) is 29.2 Å². The monoisotopic (exact) mass is 412 g/mol. The number of benzene rings is 2. The zero-order valence-electron chi connectivity index (χ0n) is 14.7. The van der Waals surface area contributed by atoms with Gasteiger partial charge >= 0.3 is 0 Å². The maximum absolute atomic E-state index is 13.0. The minimum Gasteiger partial charge on any atom is -0.383 e. The lowest BCUT2D eigenvalue weighted by atomic mass is 10.1. The molecule has 2 heterocycles. The molecule has 4 nitrogen and oxygen atoms in total. The van der Waals surface area contributed by atoms with E-state index in [9.17, 15) is 4.79 Å². The number of carbonyl (C=O) groups is 1. The zero-order valence-corrected chi connectivity index (χ0v) is 16.3. The summed E-state index contributed by atoms with van der Waals surface area (Å²) < 4.78 is 8.49. The minimum absolute atomic E-state index is 0.0897. The van der Waals surface area contributed by atoms with Crippen LogP contribution in [0.5, 0.6) is 0 Å². The molecule has 0 radical (unpaired) electrons. The highest BCUT2D eigenvalue weighted by molar-refractivity contribution is 9.10. The molecule has 1 aromatic heterocycles. The van der Waals surface area contributed by atoms with Crippen molar-refractivity contribution in [3.05, 3.63) is 69.8 Å². The van der Waals surface area contributed by atoms with Crippen molar-refractivity contribution in [2.75, 3.05) is 20.3 Å². The highest BCUT2D eigenvalue weighted by atomic mass is 79.9. The first kappa shape index (κ1) is 17.3. The molecule has 0 spiro atoms. The predicted octanol–water partition coefficient (Wildman–Crippen LogP) is 4.25. The Morgan fingerprint density at radius 1 is 1.15 bits per heavy atom. The van der Waals surface area contributed by atoms with Gasteiger partial charge < -0.3 is 14.2 Å². The molecule has 0 atom stereocenters. The van der Waals surface area contributed by atoms with E-state index in [0.717, 1.165) is 29.5 Å². The number of hydrogen-bond acceptors (Lipinski definition) is 2. The van der Waals surface area contributed by atoms with Crippen molar-refractivity contribution in [3.63, 3.8) is 0 Å². The van der Waals surface area contributed by atoms with Crippen LogP contribution in [0.3, 0.4) is 0 Å². The maximum atomic E-state index is 13.0. The van der Waals surface area contributed by atoms with E-state index in [-0.39, 0.29) is 5.91 Å². The van der Waals surface area contributed by atoms with E-state index >= 15 is 0 Å². The van der Waals surface area contributed by atoms with Gasteiger partial charge in [-0.1, -0.05) is 28.1 Å². The second-order valence-electron chi connectivity index (χ2n) is 6.64. The Labute approximate surface area is 161 Å². The number of halogens is 1. The lowest BCUT2D eigenvalue weighted by Gasteiger charge is -2.21. The fourth-order valence-electron chi connectivity index (χ4n) is 3.70. The van der Waals surface area contributed by atoms with Gasteiger partial charge in [-0.05, 0) is 47.9 Å². The SMILES string of the molecule is COCCn1cc2c3c(cccc31)CN(C(=O)c1ccc(Br)cc1)CC2. The number of nitrogens with zero attached hydrogens (tertiary/aromatic N) is 2. The second kappa shape index (κ2) is 7.25. The quantitative estimate of drug-likeness (QED) is 0.641. The van der Waals surface area contributed by atoms with Gasteiger partial charge in [0.1, 0.15) is 0 Å². The summed E-state index contributed by atoms with van der Waals surface area (Å²) in [6.45, 7) is 2.92. The lowest BCUT2D eigenvalue weighted by molar-refractivity contribution is 0.0748. The summed E-state index contributed by atoms with van der Waals surface area (Å²) in [5.41, 5.74) is 4.50. The van der Waals surface area contributed by atoms with Gasteiger partial charge in [0.25, 0.3) is 5.91 Å². The molecule has 0 bridgehead atoms. The van der Waals surface area contributed by atoms with Gasteiger partial charge in [0.15, 0.2) is 0 Å². The van der Waals surface area contributed by atoms with Gasteiger partial charge in [0.05, 0.1) is 6.61 Å². The number of methoxy groups -OCH3 is 1. The van der Waals surface area contributed by atoms with Gasteiger partial charge in [-0.15, -0.1) is 0 Å². The van der Waals surface area contributed by atoms with Gasteiger partial charge in [0.2, 0.25) is 0 Å². The largest absolute Gasteiger partial charge is 0.383 e. The van der Waals surface area contributed by atoms with Crippen molar-refractivity contribution >= 4 is 32.7 Å². The van der Waals surface area contributed by atoms with Crippen molar-refractivity contribution in [2.24, 2.45) is 0 Å². The molecular weight excluding hydrogens is 392 g/mol. The molecule has 1 amide bonds. The molecule has 3 aromatic rings. The molecule has 0 aliphatic carbocycles. The molecule has 4 rings (SSSR count). The molecule has 1 aliphatic heterocycles. The Balaban J connectivity index is 1.66. The molecule has 134 valence electrons. The van der Waals surface area contributed by atoms with Crippen molar-refractivity contribution in [1.82, 2.24) is 9.47 Å². The smallest absolute Gasteiger partial charge is 0.254 e. The molecule has 1 aliphatic rings. The Hall–Kier alpha value is -2.11. The van der Waals surface area contributed by atoms with Crippen LogP contribution in [0.1, 0.15) is 21.5 Å². The summed E-state index contributed by atoms with van der Waals surface area (Å²) in [5.74, 6) is 0.0897. The van der Waals surface area contributed by atoms with Gasteiger partial charge in [-0.2, -0.15) is 0 Å². The van der Waals surface area contributed by atoms with E-state index in [2.05, 4.69) is 44.9 Å². The summed E-state index contributed by atoms with van der Waals surface area (Å²) >= 11 is 3.43. The molecule has 0 saturated heterocycles. The van der Waals surface area contributed by atoms with Crippen molar-refractivity contribution in [3.8, 4) is 0 Å². The van der Waals surface area contributed by atoms with Crippen LogP contribution >= 0.6 is 15.9 Å². The van der Waals surface area contributed by atoms with Crippen LogP contribution in [0.15, 0.2) is 53.1 Å². The maximum Gasteiger partial charge on any atom is 0.254 e. The number of rotatable bonds is 4. The standard InChI is InChI=1S/C21H21BrN2O2/c1-26-12-11-23-13-17-9-10-24(14-16-3-2-4-19(23)20(16)17)21(25)15-5-7-18(22)8-6-15/h2-8,13H,9-12,14H2,1H3. The first-order chi connectivity index (χ1) is 12.7. The van der Waals surface area contributed by atoms with Crippen molar-refractivity contribution in [2.45, 2.75) is 19.5 Å². The van der Waals surface area contributed by atoms with Crippen LogP contribution in [0, 0.1) is 0 Å². The molecule has 2 aromatic carbocycles. The number of ether oxygens (including phenoxy) is 1. The fraction of sp³-hybridized carbons (Fsp3) is 0.286. The molecule has 0 N–H and O–H groups in total. The first-order valence-corrected chi connectivity index (χ1v) is 9.60. The second-order valence-corrected chi connectivity index (χ2v) is 7.55. The molecular formula is C21H21BrN2O2. The average molecular weight is 413 g/mol. The van der Waals surface area contributed by atoms with Gasteiger partial charge in [0, 0.05) is 53.9 Å². The topological polar surface area (TPSA) is 34.5 Å². The third kappa shape index (κ3) is 3.17. The summed E-state index contributed by atoms with van der Waals surface area (Å²) in [4.78, 5) is 14.9. The number of carbonyl (C=O) groups excluding carboxylic acids is 1. The Bertz CT molecular complexity index is 947. The van der Waals surface area contributed by atoms with Crippen LogP contribution in [-0.4, -0.2) is 35.6 Å². The molecule has 0 saturated carbocycles. The molecule has 26 heavy (non-hydrogen) atoms. The van der Waals surface area contributed by atoms with E-state index in [1.54, 1.807) is 7.11 Å². The van der Waals surface area contributed by atoms with Crippen molar-refractivity contribution in [1.29, 1.82) is 0 Å². The highest BCUT2D eigenvalue weighted by Crippen LogP contribution is 2.30. The third-order valence-electron chi connectivity index (χ3n) is 5.00. The number of amides is 1. The minimum atomic E-state index is 0.0897. The summed E-state index contributed by atoms with van der Waals surface area (Å²) in [5, 5.41) is 1.30. The normalized spacial score (nSPS) is 13.8. The molecule has 0 unspecified atom stereocenters. The summed E-state index contributed by atoms with van der Waals surface area (Å²) in [7, 11) is 1.73. The van der Waals surface area contributed by atoms with Crippen LogP contribution in [-0.2, 0) is 24.2 Å².